The molecule has 2 amide bonds. The molecule has 5 nitrogen and oxygen atoms in total. The number of amides is 2. The van der Waals surface area contributed by atoms with Crippen LogP contribution in [-0.4, -0.2) is 23.3 Å². The van der Waals surface area contributed by atoms with Crippen LogP contribution < -0.4 is 10.2 Å². The molecule has 0 aliphatic carbocycles. The predicted molar refractivity (Wildman–Crippen MR) is 88.0 cm³/mol. The molecule has 0 saturated carbocycles. The summed E-state index contributed by atoms with van der Waals surface area (Å²) < 4.78 is 13.2. The molecule has 0 spiro atoms. The Hall–Kier alpha value is -2.47. The summed E-state index contributed by atoms with van der Waals surface area (Å²) in [7, 11) is 0. The van der Waals surface area contributed by atoms with Crippen LogP contribution >= 0.6 is 11.6 Å². The molecule has 1 N–H and O–H groups in total. The number of carbonyl (C=O) groups is 2. The van der Waals surface area contributed by atoms with Crippen LogP contribution in [0, 0.1) is 11.7 Å². The SMILES string of the molecule is O=C(NCc1ccncc1)C1CC(=O)N(c2ccc(F)c(Cl)c2)C1. The number of pyridine rings is 1. The van der Waals surface area contributed by atoms with Gasteiger partial charge < -0.3 is 10.2 Å². The Bertz CT molecular complexity index is 770. The molecule has 1 unspecified atom stereocenters. The Kier molecular flexibility index (Phi) is 4.76. The van der Waals surface area contributed by atoms with E-state index in [1.54, 1.807) is 12.4 Å². The van der Waals surface area contributed by atoms with Crippen LogP contribution in [-0.2, 0) is 16.1 Å². The van der Waals surface area contributed by atoms with Gasteiger partial charge in [0.05, 0.1) is 10.9 Å². The highest BCUT2D eigenvalue weighted by molar-refractivity contribution is 6.31. The van der Waals surface area contributed by atoms with Gasteiger partial charge in [-0.05, 0) is 35.9 Å². The molecule has 2 heterocycles. The van der Waals surface area contributed by atoms with Gasteiger partial charge in [0.15, 0.2) is 0 Å². The maximum atomic E-state index is 13.2. The summed E-state index contributed by atoms with van der Waals surface area (Å²) in [4.78, 5) is 29.8. The lowest BCUT2D eigenvalue weighted by Gasteiger charge is -2.17. The van der Waals surface area contributed by atoms with E-state index in [0.29, 0.717) is 12.2 Å². The van der Waals surface area contributed by atoms with Crippen molar-refractivity contribution in [3.63, 3.8) is 0 Å². The average Bonchev–Trinajstić information content (AvgIpc) is 2.98. The van der Waals surface area contributed by atoms with Crippen molar-refractivity contribution in [2.45, 2.75) is 13.0 Å². The lowest BCUT2D eigenvalue weighted by molar-refractivity contribution is -0.126. The van der Waals surface area contributed by atoms with Gasteiger partial charge in [0.25, 0.3) is 0 Å². The quantitative estimate of drug-likeness (QED) is 0.924. The zero-order valence-electron chi connectivity index (χ0n) is 12.7. The molecule has 1 fully saturated rings. The van der Waals surface area contributed by atoms with Crippen molar-refractivity contribution in [2.24, 2.45) is 5.92 Å². The van der Waals surface area contributed by atoms with E-state index in [4.69, 9.17) is 11.6 Å². The number of nitrogens with one attached hydrogen (secondary N) is 1. The van der Waals surface area contributed by atoms with E-state index in [2.05, 4.69) is 10.3 Å². The topological polar surface area (TPSA) is 62.3 Å². The Morgan fingerprint density at radius 3 is 2.79 bits per heavy atom. The molecule has 1 aliphatic heterocycles. The number of rotatable bonds is 4. The van der Waals surface area contributed by atoms with Crippen LogP contribution in [0.15, 0.2) is 42.7 Å². The van der Waals surface area contributed by atoms with Crippen molar-refractivity contribution in [1.29, 1.82) is 0 Å². The third-order valence-corrected chi connectivity index (χ3v) is 4.22. The molecule has 3 rings (SSSR count). The van der Waals surface area contributed by atoms with Crippen molar-refractivity contribution in [1.82, 2.24) is 10.3 Å². The Morgan fingerprint density at radius 2 is 2.08 bits per heavy atom. The lowest BCUT2D eigenvalue weighted by Crippen LogP contribution is -2.32. The minimum absolute atomic E-state index is 0.0501. The number of hydrogen-bond donors (Lipinski definition) is 1. The fourth-order valence-corrected chi connectivity index (χ4v) is 2.79. The highest BCUT2D eigenvalue weighted by atomic mass is 35.5. The van der Waals surface area contributed by atoms with E-state index in [1.165, 1.54) is 23.1 Å². The van der Waals surface area contributed by atoms with Crippen LogP contribution in [0.2, 0.25) is 5.02 Å². The van der Waals surface area contributed by atoms with Gasteiger partial charge in [0, 0.05) is 37.6 Å². The third kappa shape index (κ3) is 3.54. The Labute approximate surface area is 143 Å². The van der Waals surface area contributed by atoms with Crippen molar-refractivity contribution < 1.29 is 14.0 Å². The number of anilines is 1. The van der Waals surface area contributed by atoms with Crippen LogP contribution in [0.1, 0.15) is 12.0 Å². The first-order valence-electron chi connectivity index (χ1n) is 7.46. The lowest BCUT2D eigenvalue weighted by atomic mass is 10.1. The highest BCUT2D eigenvalue weighted by Crippen LogP contribution is 2.28. The van der Waals surface area contributed by atoms with Crippen molar-refractivity contribution in [3.05, 3.63) is 59.1 Å². The molecule has 0 radical (unpaired) electrons. The van der Waals surface area contributed by atoms with Crippen molar-refractivity contribution >= 4 is 29.1 Å². The first-order chi connectivity index (χ1) is 11.5. The number of halogens is 2. The Balaban J connectivity index is 1.63. The van der Waals surface area contributed by atoms with E-state index in [0.717, 1.165) is 5.56 Å². The molecule has 7 heteroatoms. The predicted octanol–water partition coefficient (Wildman–Crippen LogP) is 2.54. The molecule has 0 bridgehead atoms. The van der Waals surface area contributed by atoms with Crippen LogP contribution in [0.4, 0.5) is 10.1 Å². The second-order valence-corrected chi connectivity index (χ2v) is 5.98. The van der Waals surface area contributed by atoms with E-state index in [9.17, 15) is 14.0 Å². The molecule has 1 aromatic heterocycles. The second-order valence-electron chi connectivity index (χ2n) is 5.58. The summed E-state index contributed by atoms with van der Waals surface area (Å²) in [5, 5.41) is 2.77. The van der Waals surface area contributed by atoms with Crippen LogP contribution in [0.25, 0.3) is 0 Å². The summed E-state index contributed by atoms with van der Waals surface area (Å²) in [6.07, 6.45) is 3.43. The van der Waals surface area contributed by atoms with Crippen LogP contribution in [0.3, 0.4) is 0 Å². The van der Waals surface area contributed by atoms with Crippen LogP contribution in [0.5, 0.6) is 0 Å². The number of aromatic nitrogens is 1. The second kappa shape index (κ2) is 6.97. The van der Waals surface area contributed by atoms with Crippen molar-refractivity contribution in [3.8, 4) is 0 Å². The van der Waals surface area contributed by atoms with Gasteiger partial charge >= 0.3 is 0 Å². The third-order valence-electron chi connectivity index (χ3n) is 3.93. The van der Waals surface area contributed by atoms with Gasteiger partial charge in [0.2, 0.25) is 11.8 Å². The van der Waals surface area contributed by atoms with E-state index >= 15 is 0 Å². The number of nitrogens with zero attached hydrogens (tertiary/aromatic N) is 2. The summed E-state index contributed by atoms with van der Waals surface area (Å²) in [5.41, 5.74) is 1.43. The van der Waals surface area contributed by atoms with E-state index < -0.39 is 11.7 Å². The molecular weight excluding hydrogens is 333 g/mol. The first-order valence-corrected chi connectivity index (χ1v) is 7.84. The first kappa shape index (κ1) is 16.4. The normalized spacial score (nSPS) is 17.2. The summed E-state index contributed by atoms with van der Waals surface area (Å²) in [6.45, 7) is 0.636. The zero-order valence-corrected chi connectivity index (χ0v) is 13.5. The highest BCUT2D eigenvalue weighted by Gasteiger charge is 2.35. The van der Waals surface area contributed by atoms with Gasteiger partial charge in [-0.15, -0.1) is 0 Å². The van der Waals surface area contributed by atoms with Gasteiger partial charge in [-0.3, -0.25) is 14.6 Å². The zero-order chi connectivity index (χ0) is 17.1. The number of hydrogen-bond acceptors (Lipinski definition) is 3. The molecule has 2 aromatic rings. The van der Waals surface area contributed by atoms with Gasteiger partial charge in [-0.25, -0.2) is 4.39 Å². The van der Waals surface area contributed by atoms with Crippen molar-refractivity contribution in [2.75, 3.05) is 11.4 Å². The average molecular weight is 348 g/mol. The maximum absolute atomic E-state index is 13.2. The molecule has 1 aromatic carbocycles. The van der Waals surface area contributed by atoms with Gasteiger partial charge in [-0.1, -0.05) is 11.6 Å². The molecule has 124 valence electrons. The monoisotopic (exact) mass is 347 g/mol. The fraction of sp³-hybridized carbons (Fsp3) is 0.235. The summed E-state index contributed by atoms with van der Waals surface area (Å²) >= 11 is 5.76. The number of carbonyl (C=O) groups excluding carboxylic acids is 2. The molecular formula is C17H15ClFN3O2. The Morgan fingerprint density at radius 1 is 1.33 bits per heavy atom. The van der Waals surface area contributed by atoms with E-state index in [1.807, 2.05) is 12.1 Å². The summed E-state index contributed by atoms with van der Waals surface area (Å²) in [5.74, 6) is -1.35. The minimum atomic E-state index is -0.543. The fourth-order valence-electron chi connectivity index (χ4n) is 2.62. The standard InChI is InChI=1S/C17H15ClFN3O2/c18-14-8-13(1-2-15(14)19)22-10-12(7-16(22)23)17(24)21-9-11-3-5-20-6-4-11/h1-6,8,12H,7,9-10H2,(H,21,24). The number of benzene rings is 1. The maximum Gasteiger partial charge on any atom is 0.227 e. The summed E-state index contributed by atoms with van der Waals surface area (Å²) in [6, 6.07) is 7.71. The van der Waals surface area contributed by atoms with Gasteiger partial charge in [0.1, 0.15) is 5.82 Å². The smallest absolute Gasteiger partial charge is 0.227 e. The largest absolute Gasteiger partial charge is 0.352 e. The molecule has 24 heavy (non-hydrogen) atoms. The minimum Gasteiger partial charge on any atom is -0.352 e. The molecule has 1 aliphatic rings. The molecule has 1 atom stereocenters. The molecule has 1 saturated heterocycles. The van der Waals surface area contributed by atoms with Gasteiger partial charge in [-0.2, -0.15) is 0 Å². The van der Waals surface area contributed by atoms with E-state index in [-0.39, 0.29) is 29.8 Å².